The number of hydrogen-bond acceptors (Lipinski definition) is 4. The highest BCUT2D eigenvalue weighted by atomic mass is 35.6. The van der Waals surface area contributed by atoms with Gasteiger partial charge in [0.05, 0.1) is 15.0 Å². The lowest BCUT2D eigenvalue weighted by atomic mass is 10.2. The first-order valence-electron chi connectivity index (χ1n) is 5.92. The first-order valence-corrected chi connectivity index (χ1v) is 8.62. The number of rotatable bonds is 4. The van der Waals surface area contributed by atoms with E-state index in [2.05, 4.69) is 4.72 Å². The Bertz CT molecular complexity index is 752. The predicted molar refractivity (Wildman–Crippen MR) is 98.3 cm³/mol. The van der Waals surface area contributed by atoms with Crippen LogP contribution in [0, 0.1) is 10.1 Å². The molecule has 0 radical (unpaired) electrons. The zero-order valence-corrected chi connectivity index (χ0v) is 15.6. The maximum absolute atomic E-state index is 10.9. The fraction of sp³-hybridized carbons (Fsp3) is 0.0769. The van der Waals surface area contributed by atoms with Gasteiger partial charge in [-0.3, -0.25) is 10.1 Å². The van der Waals surface area contributed by atoms with Gasteiger partial charge in [0.15, 0.2) is 0 Å². The van der Waals surface area contributed by atoms with Gasteiger partial charge in [-0.15, -0.1) is 0 Å². The highest BCUT2D eigenvalue weighted by molar-refractivity contribution is 8.00. The normalized spacial score (nSPS) is 11.3. The molecule has 0 aliphatic carbocycles. The van der Waals surface area contributed by atoms with Crippen LogP contribution in [0.1, 0.15) is 5.56 Å². The van der Waals surface area contributed by atoms with E-state index in [0.717, 1.165) is 11.9 Å². The second-order valence-electron chi connectivity index (χ2n) is 4.27. The number of hydrogen-bond donors (Lipinski definition) is 1. The molecule has 0 aliphatic heterocycles. The van der Waals surface area contributed by atoms with Gasteiger partial charge in [-0.25, -0.2) is 0 Å². The summed E-state index contributed by atoms with van der Waals surface area (Å²) in [7, 11) is 0. The van der Waals surface area contributed by atoms with Crippen molar-refractivity contribution in [2.24, 2.45) is 0 Å². The fourth-order valence-electron chi connectivity index (χ4n) is 1.62. The predicted octanol–water partition coefficient (Wildman–Crippen LogP) is 6.85. The summed E-state index contributed by atoms with van der Waals surface area (Å²) in [5, 5.41) is 11.7. The third-order valence-corrected chi connectivity index (χ3v) is 4.94. The molecule has 0 heterocycles. The van der Waals surface area contributed by atoms with E-state index in [1.165, 1.54) is 18.2 Å². The third-order valence-electron chi connectivity index (χ3n) is 2.68. The molecule has 0 amide bonds. The molecule has 122 valence electrons. The van der Waals surface area contributed by atoms with Gasteiger partial charge in [0.1, 0.15) is 0 Å². The van der Waals surface area contributed by atoms with Gasteiger partial charge in [-0.1, -0.05) is 58.0 Å². The Hall–Kier alpha value is -0.560. The lowest BCUT2D eigenvalue weighted by molar-refractivity contribution is -0.385. The van der Waals surface area contributed by atoms with Crippen LogP contribution in [0.15, 0.2) is 41.3 Å². The van der Waals surface area contributed by atoms with E-state index < -0.39 is 8.72 Å². The maximum atomic E-state index is 10.9. The highest BCUT2D eigenvalue weighted by Crippen LogP contribution is 2.44. The molecule has 0 saturated heterocycles. The molecule has 10 heteroatoms. The van der Waals surface area contributed by atoms with E-state index in [4.69, 9.17) is 58.0 Å². The molecule has 1 N–H and O–H groups in total. The molecule has 0 saturated carbocycles. The van der Waals surface area contributed by atoms with Gasteiger partial charge in [0, 0.05) is 28.3 Å². The van der Waals surface area contributed by atoms with E-state index in [-0.39, 0.29) is 11.3 Å². The molecule has 4 nitrogen and oxygen atoms in total. The van der Waals surface area contributed by atoms with E-state index in [1.54, 1.807) is 18.2 Å². The summed E-state index contributed by atoms with van der Waals surface area (Å²) in [5.41, 5.74) is 0.720. The average Bonchev–Trinajstić information content (AvgIpc) is 2.47. The largest absolute Gasteiger partial charge is 0.326 e. The van der Waals surface area contributed by atoms with Crippen LogP contribution >= 0.6 is 70.0 Å². The van der Waals surface area contributed by atoms with Crippen LogP contribution in [-0.2, 0) is 3.79 Å². The highest BCUT2D eigenvalue weighted by Gasteiger charge is 2.28. The fourth-order valence-corrected chi connectivity index (χ4v) is 3.36. The Labute approximate surface area is 161 Å². The van der Waals surface area contributed by atoms with Crippen molar-refractivity contribution in [2.75, 3.05) is 4.72 Å². The van der Waals surface area contributed by atoms with Gasteiger partial charge in [0.25, 0.3) is 5.69 Å². The van der Waals surface area contributed by atoms with Crippen LogP contribution in [0.2, 0.25) is 10.0 Å². The molecule has 2 aromatic rings. The Morgan fingerprint density at radius 2 is 1.74 bits per heavy atom. The van der Waals surface area contributed by atoms with Crippen LogP contribution < -0.4 is 4.72 Å². The monoisotopic (exact) mass is 430 g/mol. The van der Waals surface area contributed by atoms with Gasteiger partial charge in [-0.05, 0) is 36.2 Å². The first kappa shape index (κ1) is 18.8. The molecule has 0 aliphatic rings. The number of nitrogens with zero attached hydrogens (tertiary/aromatic N) is 1. The zero-order chi connectivity index (χ0) is 17.2. The van der Waals surface area contributed by atoms with Crippen molar-refractivity contribution in [3.8, 4) is 0 Å². The molecule has 0 atom stereocenters. The van der Waals surface area contributed by atoms with E-state index in [0.29, 0.717) is 20.6 Å². The Balaban J connectivity index is 2.28. The van der Waals surface area contributed by atoms with E-state index >= 15 is 0 Å². The van der Waals surface area contributed by atoms with Gasteiger partial charge in [-0.2, -0.15) is 0 Å². The second kappa shape index (κ2) is 7.55. The Morgan fingerprint density at radius 3 is 2.30 bits per heavy atom. The van der Waals surface area contributed by atoms with Crippen LogP contribution in [0.4, 0.5) is 11.4 Å². The standard InChI is InChI=1S/C13H7Cl5N2O2S/c14-10-3-1-7(5-11(10)15)19-23-12-4-2-8(20(21)22)6-9(12)13(16,17)18/h1-6,19H. The van der Waals surface area contributed by atoms with E-state index in [9.17, 15) is 10.1 Å². The Morgan fingerprint density at radius 1 is 1.04 bits per heavy atom. The van der Waals surface area contributed by atoms with Crippen molar-refractivity contribution in [1.29, 1.82) is 0 Å². The molecular weight excluding hydrogens is 425 g/mol. The van der Waals surface area contributed by atoms with Crippen LogP contribution in [-0.4, -0.2) is 4.92 Å². The third kappa shape index (κ3) is 4.95. The minimum Gasteiger partial charge on any atom is -0.326 e. The van der Waals surface area contributed by atoms with E-state index in [1.807, 2.05) is 0 Å². The summed E-state index contributed by atoms with van der Waals surface area (Å²) in [4.78, 5) is 10.8. The maximum Gasteiger partial charge on any atom is 0.269 e. The SMILES string of the molecule is O=[N+]([O-])c1ccc(SNc2ccc(Cl)c(Cl)c2)c(C(Cl)(Cl)Cl)c1. The summed E-state index contributed by atoms with van der Waals surface area (Å²) < 4.78 is 1.22. The number of non-ortho nitro benzene ring substituents is 1. The average molecular weight is 433 g/mol. The quantitative estimate of drug-likeness (QED) is 0.248. The summed E-state index contributed by atoms with van der Waals surface area (Å²) in [6, 6.07) is 9.06. The number of anilines is 1. The topological polar surface area (TPSA) is 55.2 Å². The molecule has 0 bridgehead atoms. The summed E-state index contributed by atoms with van der Waals surface area (Å²) in [6.45, 7) is 0. The van der Waals surface area contributed by atoms with Crippen molar-refractivity contribution < 1.29 is 4.92 Å². The van der Waals surface area contributed by atoms with Crippen molar-refractivity contribution in [3.63, 3.8) is 0 Å². The van der Waals surface area contributed by atoms with Crippen molar-refractivity contribution >= 4 is 81.3 Å². The molecule has 0 unspecified atom stereocenters. The number of nitro benzene ring substituents is 1. The lowest BCUT2D eigenvalue weighted by Crippen LogP contribution is -2.04. The molecular formula is C13H7Cl5N2O2S. The summed E-state index contributed by atoms with van der Waals surface area (Å²) in [6.07, 6.45) is 0. The van der Waals surface area contributed by atoms with Crippen molar-refractivity contribution in [3.05, 3.63) is 62.1 Å². The smallest absolute Gasteiger partial charge is 0.269 e. The molecule has 2 rings (SSSR count). The van der Waals surface area contributed by atoms with Crippen molar-refractivity contribution in [2.45, 2.75) is 8.69 Å². The lowest BCUT2D eigenvalue weighted by Gasteiger charge is -2.16. The second-order valence-corrected chi connectivity index (χ2v) is 8.21. The van der Waals surface area contributed by atoms with Gasteiger partial charge >= 0.3 is 0 Å². The minimum absolute atomic E-state index is 0.162. The minimum atomic E-state index is -1.80. The van der Waals surface area contributed by atoms with Crippen LogP contribution in [0.3, 0.4) is 0 Å². The zero-order valence-electron chi connectivity index (χ0n) is 11.0. The number of benzene rings is 2. The molecule has 0 fully saturated rings. The number of halogens is 5. The number of nitro groups is 1. The number of alkyl halides is 3. The molecule has 23 heavy (non-hydrogen) atoms. The number of nitrogens with one attached hydrogen (secondary N) is 1. The molecule has 0 aromatic heterocycles. The summed E-state index contributed by atoms with van der Waals surface area (Å²) in [5.74, 6) is 0. The van der Waals surface area contributed by atoms with Crippen molar-refractivity contribution in [1.82, 2.24) is 0 Å². The van der Waals surface area contributed by atoms with Gasteiger partial charge < -0.3 is 4.72 Å². The Kier molecular flexibility index (Phi) is 6.16. The molecule has 2 aromatic carbocycles. The molecule has 0 spiro atoms. The first-order chi connectivity index (χ1) is 10.7. The van der Waals surface area contributed by atoms with Gasteiger partial charge in [0.2, 0.25) is 3.79 Å². The van der Waals surface area contributed by atoms with Crippen LogP contribution in [0.5, 0.6) is 0 Å². The van der Waals surface area contributed by atoms with Crippen LogP contribution in [0.25, 0.3) is 0 Å². The summed E-state index contributed by atoms with van der Waals surface area (Å²) >= 11 is 30.6.